The summed E-state index contributed by atoms with van der Waals surface area (Å²) < 4.78 is 5.68. The van der Waals surface area contributed by atoms with Gasteiger partial charge in [-0.25, -0.2) is 0 Å². The van der Waals surface area contributed by atoms with E-state index in [-0.39, 0.29) is 6.04 Å². The summed E-state index contributed by atoms with van der Waals surface area (Å²) in [6, 6.07) is 0.864. The molecule has 0 aliphatic carbocycles. The molecule has 0 bridgehead atoms. The fourth-order valence-corrected chi connectivity index (χ4v) is 2.05. The topological polar surface area (TPSA) is 38.5 Å². The maximum atomic E-state index is 5.92. The predicted octanol–water partition coefficient (Wildman–Crippen LogP) is 1.47. The van der Waals surface area contributed by atoms with Crippen molar-refractivity contribution in [3.05, 3.63) is 0 Å². The third kappa shape index (κ3) is 3.74. The van der Waals surface area contributed by atoms with Crippen molar-refractivity contribution in [1.29, 1.82) is 0 Å². The molecule has 1 saturated heterocycles. The average Bonchev–Trinajstić information content (AvgIpc) is 2.18. The van der Waals surface area contributed by atoms with Crippen LogP contribution < -0.4 is 5.73 Å². The van der Waals surface area contributed by atoms with E-state index in [2.05, 4.69) is 32.6 Å². The van der Waals surface area contributed by atoms with Gasteiger partial charge in [0.2, 0.25) is 0 Å². The molecule has 3 nitrogen and oxygen atoms in total. The average molecular weight is 214 g/mol. The summed E-state index contributed by atoms with van der Waals surface area (Å²) >= 11 is 0. The summed E-state index contributed by atoms with van der Waals surface area (Å²) in [5.41, 5.74) is 5.92. The lowest BCUT2D eigenvalue weighted by atomic mass is 10.0. The van der Waals surface area contributed by atoms with E-state index in [9.17, 15) is 0 Å². The molecule has 90 valence electrons. The molecule has 0 radical (unpaired) electrons. The molecule has 0 aromatic carbocycles. The Bertz CT molecular complexity index is 184. The Labute approximate surface area is 94.0 Å². The van der Waals surface area contributed by atoms with Crippen LogP contribution in [0.25, 0.3) is 0 Å². The Balaban J connectivity index is 2.48. The lowest BCUT2D eigenvalue weighted by Crippen LogP contribution is -2.51. The van der Waals surface area contributed by atoms with Crippen LogP contribution in [0.4, 0.5) is 0 Å². The van der Waals surface area contributed by atoms with Gasteiger partial charge in [-0.15, -0.1) is 0 Å². The number of hydrogen-bond donors (Lipinski definition) is 1. The van der Waals surface area contributed by atoms with Crippen LogP contribution in [0.2, 0.25) is 0 Å². The second-order valence-electron chi connectivity index (χ2n) is 5.00. The molecule has 4 atom stereocenters. The van der Waals surface area contributed by atoms with Crippen molar-refractivity contribution in [2.45, 2.75) is 52.3 Å². The van der Waals surface area contributed by atoms with E-state index in [1.54, 1.807) is 0 Å². The van der Waals surface area contributed by atoms with Crippen molar-refractivity contribution in [3.8, 4) is 0 Å². The fraction of sp³-hybridized carbons (Fsp3) is 1.00. The number of nitrogens with zero attached hydrogens (tertiary/aromatic N) is 1. The van der Waals surface area contributed by atoms with Gasteiger partial charge in [0.25, 0.3) is 0 Å². The Morgan fingerprint density at radius 3 is 2.67 bits per heavy atom. The van der Waals surface area contributed by atoms with Crippen LogP contribution in [0.3, 0.4) is 0 Å². The van der Waals surface area contributed by atoms with Gasteiger partial charge in [-0.2, -0.15) is 0 Å². The van der Waals surface area contributed by atoms with Gasteiger partial charge in [-0.05, 0) is 26.2 Å². The molecule has 0 aromatic rings. The molecule has 1 rings (SSSR count). The summed E-state index contributed by atoms with van der Waals surface area (Å²) in [6.07, 6.45) is 1.53. The normalized spacial score (nSPS) is 32.6. The molecule has 3 heteroatoms. The first-order chi connectivity index (χ1) is 7.04. The standard InChI is InChI=1S/C12H26N2O/c1-5-12-8-15-10(3)7-14(12)6-9(2)11(4)13/h9-12H,5-8,13H2,1-4H3. The van der Waals surface area contributed by atoms with Crippen molar-refractivity contribution < 1.29 is 4.74 Å². The van der Waals surface area contributed by atoms with Gasteiger partial charge < -0.3 is 10.5 Å². The minimum atomic E-state index is 0.278. The van der Waals surface area contributed by atoms with Gasteiger partial charge in [0.15, 0.2) is 0 Å². The first-order valence-corrected chi connectivity index (χ1v) is 6.15. The second kappa shape index (κ2) is 5.83. The molecule has 2 N–H and O–H groups in total. The van der Waals surface area contributed by atoms with Crippen LogP contribution in [0.15, 0.2) is 0 Å². The predicted molar refractivity (Wildman–Crippen MR) is 63.9 cm³/mol. The molecular formula is C12H26N2O. The van der Waals surface area contributed by atoms with Gasteiger partial charge in [0.05, 0.1) is 12.7 Å². The lowest BCUT2D eigenvalue weighted by molar-refractivity contribution is -0.0606. The van der Waals surface area contributed by atoms with E-state index in [0.29, 0.717) is 18.1 Å². The van der Waals surface area contributed by atoms with Crippen LogP contribution in [0.1, 0.15) is 34.1 Å². The summed E-state index contributed by atoms with van der Waals surface area (Å²) in [5, 5.41) is 0. The first-order valence-electron chi connectivity index (χ1n) is 6.15. The highest BCUT2D eigenvalue weighted by Crippen LogP contribution is 2.16. The van der Waals surface area contributed by atoms with E-state index in [0.717, 1.165) is 19.7 Å². The number of ether oxygens (including phenoxy) is 1. The Morgan fingerprint density at radius 2 is 2.13 bits per heavy atom. The zero-order valence-corrected chi connectivity index (χ0v) is 10.6. The van der Waals surface area contributed by atoms with Crippen LogP contribution in [0, 0.1) is 5.92 Å². The van der Waals surface area contributed by atoms with Crippen LogP contribution >= 0.6 is 0 Å². The molecule has 1 fully saturated rings. The molecule has 0 saturated carbocycles. The molecule has 0 spiro atoms. The number of hydrogen-bond acceptors (Lipinski definition) is 3. The Hall–Kier alpha value is -0.120. The van der Waals surface area contributed by atoms with Crippen molar-refractivity contribution in [1.82, 2.24) is 4.90 Å². The van der Waals surface area contributed by atoms with Gasteiger partial charge in [0.1, 0.15) is 0 Å². The van der Waals surface area contributed by atoms with Crippen LogP contribution in [-0.4, -0.2) is 42.8 Å². The first kappa shape index (κ1) is 12.9. The third-order valence-electron chi connectivity index (χ3n) is 3.47. The summed E-state index contributed by atoms with van der Waals surface area (Å²) in [4.78, 5) is 2.54. The maximum absolute atomic E-state index is 5.92. The Morgan fingerprint density at radius 1 is 1.47 bits per heavy atom. The number of rotatable bonds is 4. The molecule has 1 aliphatic heterocycles. The summed E-state index contributed by atoms with van der Waals surface area (Å²) in [5.74, 6) is 0.560. The van der Waals surface area contributed by atoms with Gasteiger partial charge >= 0.3 is 0 Å². The molecule has 0 amide bonds. The Kier molecular flexibility index (Phi) is 5.03. The molecule has 1 aliphatic rings. The lowest BCUT2D eigenvalue weighted by Gasteiger charge is -2.40. The molecule has 4 unspecified atom stereocenters. The highest BCUT2D eigenvalue weighted by molar-refractivity contribution is 4.80. The molecule has 15 heavy (non-hydrogen) atoms. The van der Waals surface area contributed by atoms with Crippen molar-refractivity contribution in [2.75, 3.05) is 19.7 Å². The molecular weight excluding hydrogens is 188 g/mol. The van der Waals surface area contributed by atoms with Gasteiger partial charge in [-0.1, -0.05) is 13.8 Å². The quantitative estimate of drug-likeness (QED) is 0.770. The van der Waals surface area contributed by atoms with E-state index < -0.39 is 0 Å². The highest BCUT2D eigenvalue weighted by atomic mass is 16.5. The van der Waals surface area contributed by atoms with Crippen LogP contribution in [0.5, 0.6) is 0 Å². The zero-order valence-electron chi connectivity index (χ0n) is 10.6. The van der Waals surface area contributed by atoms with Gasteiger partial charge in [0, 0.05) is 25.2 Å². The minimum Gasteiger partial charge on any atom is -0.376 e. The van der Waals surface area contributed by atoms with Gasteiger partial charge in [-0.3, -0.25) is 4.90 Å². The number of nitrogens with two attached hydrogens (primary N) is 1. The van der Waals surface area contributed by atoms with Crippen molar-refractivity contribution in [2.24, 2.45) is 11.7 Å². The largest absolute Gasteiger partial charge is 0.376 e. The second-order valence-corrected chi connectivity index (χ2v) is 5.00. The van der Waals surface area contributed by atoms with E-state index in [1.807, 2.05) is 0 Å². The van der Waals surface area contributed by atoms with Crippen molar-refractivity contribution in [3.63, 3.8) is 0 Å². The minimum absolute atomic E-state index is 0.278. The van der Waals surface area contributed by atoms with E-state index in [4.69, 9.17) is 10.5 Å². The van der Waals surface area contributed by atoms with E-state index >= 15 is 0 Å². The van der Waals surface area contributed by atoms with Crippen molar-refractivity contribution >= 4 is 0 Å². The highest BCUT2D eigenvalue weighted by Gasteiger charge is 2.27. The van der Waals surface area contributed by atoms with E-state index in [1.165, 1.54) is 6.42 Å². The SMILES string of the molecule is CCC1COC(C)CN1CC(C)C(C)N. The summed E-state index contributed by atoms with van der Waals surface area (Å²) in [7, 11) is 0. The third-order valence-corrected chi connectivity index (χ3v) is 3.47. The monoisotopic (exact) mass is 214 g/mol. The summed E-state index contributed by atoms with van der Waals surface area (Å²) in [6.45, 7) is 11.7. The molecule has 0 aromatic heterocycles. The maximum Gasteiger partial charge on any atom is 0.0674 e. The zero-order chi connectivity index (χ0) is 11.4. The van der Waals surface area contributed by atoms with Crippen LogP contribution in [-0.2, 0) is 4.74 Å². The smallest absolute Gasteiger partial charge is 0.0674 e. The number of morpholine rings is 1. The fourth-order valence-electron chi connectivity index (χ4n) is 2.05. The molecule has 1 heterocycles.